The highest BCUT2D eigenvalue weighted by Gasteiger charge is 2.48. The van der Waals surface area contributed by atoms with Crippen LogP contribution in [0.3, 0.4) is 0 Å². The lowest BCUT2D eigenvalue weighted by Crippen LogP contribution is -2.55. The molecule has 12 heavy (non-hydrogen) atoms. The van der Waals surface area contributed by atoms with Crippen molar-refractivity contribution < 1.29 is 4.74 Å². The van der Waals surface area contributed by atoms with Crippen molar-refractivity contribution in [2.45, 2.75) is 56.7 Å². The zero-order chi connectivity index (χ0) is 8.82. The molecule has 2 rings (SSSR count). The van der Waals surface area contributed by atoms with E-state index in [1.165, 1.54) is 25.7 Å². The lowest BCUT2D eigenvalue weighted by atomic mass is 9.86. The smallest absolute Gasteiger partial charge is 0.0606 e. The summed E-state index contributed by atoms with van der Waals surface area (Å²) in [4.78, 5) is 0. The molecule has 2 heteroatoms. The average molecular weight is 169 g/mol. The third kappa shape index (κ3) is 1.27. The van der Waals surface area contributed by atoms with Crippen molar-refractivity contribution in [1.29, 1.82) is 0 Å². The van der Waals surface area contributed by atoms with E-state index >= 15 is 0 Å². The first-order valence-corrected chi connectivity index (χ1v) is 4.87. The Hall–Kier alpha value is -0.0800. The fourth-order valence-corrected chi connectivity index (χ4v) is 2.96. The molecule has 70 valence electrons. The van der Waals surface area contributed by atoms with Gasteiger partial charge in [-0.15, -0.1) is 0 Å². The number of nitrogens with one attached hydrogen (secondary N) is 1. The first-order valence-electron chi connectivity index (χ1n) is 4.87. The molecule has 2 fully saturated rings. The maximum absolute atomic E-state index is 5.46. The van der Waals surface area contributed by atoms with Gasteiger partial charge in [-0.05, 0) is 39.5 Å². The quantitative estimate of drug-likeness (QED) is 0.645. The molecular weight excluding hydrogens is 150 g/mol. The van der Waals surface area contributed by atoms with Crippen molar-refractivity contribution in [3.8, 4) is 0 Å². The summed E-state index contributed by atoms with van der Waals surface area (Å²) in [5.41, 5.74) is 0.710. The summed E-state index contributed by atoms with van der Waals surface area (Å²) in [6, 6.07) is 0. The number of ether oxygens (including phenoxy) is 1. The van der Waals surface area contributed by atoms with Crippen molar-refractivity contribution in [1.82, 2.24) is 5.32 Å². The summed E-state index contributed by atoms with van der Waals surface area (Å²) >= 11 is 0. The largest absolute Gasteiger partial charge is 0.381 e. The molecule has 2 heterocycles. The van der Waals surface area contributed by atoms with E-state index < -0.39 is 0 Å². The Balaban J connectivity index is 2.16. The Morgan fingerprint density at radius 3 is 2.08 bits per heavy atom. The molecule has 2 nitrogen and oxygen atoms in total. The Labute approximate surface area is 74.7 Å². The second-order valence-corrected chi connectivity index (χ2v) is 5.01. The summed E-state index contributed by atoms with van der Waals surface area (Å²) in [5.74, 6) is 0. The van der Waals surface area contributed by atoms with E-state index in [-0.39, 0.29) is 0 Å². The van der Waals surface area contributed by atoms with E-state index in [2.05, 4.69) is 19.2 Å². The van der Waals surface area contributed by atoms with E-state index in [0.717, 1.165) is 0 Å². The summed E-state index contributed by atoms with van der Waals surface area (Å²) in [7, 11) is 1.84. The monoisotopic (exact) mass is 169 g/mol. The van der Waals surface area contributed by atoms with E-state index in [1.807, 2.05) is 7.11 Å². The van der Waals surface area contributed by atoms with Crippen LogP contribution in [-0.2, 0) is 4.74 Å². The Morgan fingerprint density at radius 2 is 1.67 bits per heavy atom. The minimum atomic E-state index is 0.355. The first kappa shape index (κ1) is 8.52. The average Bonchev–Trinajstić information content (AvgIpc) is 2.20. The van der Waals surface area contributed by atoms with Gasteiger partial charge in [0.1, 0.15) is 0 Å². The van der Waals surface area contributed by atoms with Gasteiger partial charge in [0.2, 0.25) is 0 Å². The van der Waals surface area contributed by atoms with Crippen molar-refractivity contribution in [3.05, 3.63) is 0 Å². The Morgan fingerprint density at radius 1 is 1.17 bits per heavy atom. The molecule has 1 N–H and O–H groups in total. The van der Waals surface area contributed by atoms with Gasteiger partial charge in [-0.2, -0.15) is 0 Å². The van der Waals surface area contributed by atoms with Crippen molar-refractivity contribution in [2.75, 3.05) is 7.11 Å². The molecule has 2 aliphatic heterocycles. The number of hydrogen-bond acceptors (Lipinski definition) is 2. The van der Waals surface area contributed by atoms with Gasteiger partial charge in [-0.25, -0.2) is 0 Å². The zero-order valence-corrected chi connectivity index (χ0v) is 8.31. The standard InChI is InChI=1S/C10H19NO/c1-9-4-5-10(2,11-9)7-8(6-9)12-3/h8,11H,4-7H2,1-3H3. The predicted molar refractivity (Wildman–Crippen MR) is 49.2 cm³/mol. The molecule has 2 bridgehead atoms. The molecule has 0 spiro atoms. The van der Waals surface area contributed by atoms with Gasteiger partial charge in [0.05, 0.1) is 6.10 Å². The molecule has 2 aliphatic rings. The van der Waals surface area contributed by atoms with Crippen LogP contribution >= 0.6 is 0 Å². The Bertz CT molecular complexity index is 176. The minimum Gasteiger partial charge on any atom is -0.381 e. The SMILES string of the molecule is COC1CC2(C)CCC(C)(C1)N2. The van der Waals surface area contributed by atoms with Gasteiger partial charge >= 0.3 is 0 Å². The normalized spacial score (nSPS) is 52.8. The molecule has 0 aromatic rings. The van der Waals surface area contributed by atoms with Crippen molar-refractivity contribution in [2.24, 2.45) is 0 Å². The zero-order valence-electron chi connectivity index (χ0n) is 8.31. The van der Waals surface area contributed by atoms with Crippen LogP contribution in [-0.4, -0.2) is 24.3 Å². The fraction of sp³-hybridized carbons (Fsp3) is 1.00. The maximum atomic E-state index is 5.46. The summed E-state index contributed by atoms with van der Waals surface area (Å²) < 4.78 is 5.46. The van der Waals surface area contributed by atoms with Gasteiger partial charge in [0, 0.05) is 18.2 Å². The van der Waals surface area contributed by atoms with Gasteiger partial charge in [0.25, 0.3) is 0 Å². The van der Waals surface area contributed by atoms with Gasteiger partial charge in [-0.1, -0.05) is 0 Å². The number of fused-ring (bicyclic) bond motifs is 2. The van der Waals surface area contributed by atoms with Gasteiger partial charge in [-0.3, -0.25) is 0 Å². The highest BCUT2D eigenvalue weighted by Crippen LogP contribution is 2.42. The predicted octanol–water partition coefficient (Wildman–Crippen LogP) is 1.70. The summed E-state index contributed by atoms with van der Waals surface area (Å²) in [6.07, 6.45) is 5.45. The topological polar surface area (TPSA) is 21.3 Å². The second kappa shape index (κ2) is 2.46. The van der Waals surface area contributed by atoms with E-state index in [0.29, 0.717) is 17.2 Å². The molecule has 0 aliphatic carbocycles. The van der Waals surface area contributed by atoms with E-state index in [4.69, 9.17) is 4.74 Å². The van der Waals surface area contributed by atoms with Crippen LogP contribution in [0.1, 0.15) is 39.5 Å². The summed E-state index contributed by atoms with van der Waals surface area (Å²) in [5, 5.41) is 3.73. The van der Waals surface area contributed by atoms with Gasteiger partial charge in [0.15, 0.2) is 0 Å². The van der Waals surface area contributed by atoms with E-state index in [9.17, 15) is 0 Å². The second-order valence-electron chi connectivity index (χ2n) is 5.01. The fourth-order valence-electron chi connectivity index (χ4n) is 2.96. The molecule has 2 atom stereocenters. The molecule has 2 unspecified atom stereocenters. The number of methoxy groups -OCH3 is 1. The van der Waals surface area contributed by atoms with Crippen LogP contribution in [0.5, 0.6) is 0 Å². The van der Waals surface area contributed by atoms with Crippen LogP contribution in [0.4, 0.5) is 0 Å². The number of rotatable bonds is 1. The lowest BCUT2D eigenvalue weighted by molar-refractivity contribution is 0.0222. The highest BCUT2D eigenvalue weighted by atomic mass is 16.5. The third-order valence-electron chi connectivity index (χ3n) is 3.52. The molecule has 0 aromatic heterocycles. The minimum absolute atomic E-state index is 0.355. The lowest BCUT2D eigenvalue weighted by Gasteiger charge is -2.41. The molecule has 0 amide bonds. The molecular formula is C10H19NO. The van der Waals surface area contributed by atoms with Crippen molar-refractivity contribution >= 4 is 0 Å². The van der Waals surface area contributed by atoms with Crippen LogP contribution in [0.25, 0.3) is 0 Å². The maximum Gasteiger partial charge on any atom is 0.0606 e. The third-order valence-corrected chi connectivity index (χ3v) is 3.52. The molecule has 0 radical (unpaired) electrons. The summed E-state index contributed by atoms with van der Waals surface area (Å²) in [6.45, 7) is 4.65. The van der Waals surface area contributed by atoms with Crippen molar-refractivity contribution in [3.63, 3.8) is 0 Å². The van der Waals surface area contributed by atoms with Crippen LogP contribution in [0.15, 0.2) is 0 Å². The van der Waals surface area contributed by atoms with Gasteiger partial charge < -0.3 is 10.1 Å². The Kier molecular flexibility index (Phi) is 1.74. The van der Waals surface area contributed by atoms with Crippen LogP contribution in [0.2, 0.25) is 0 Å². The molecule has 0 aromatic carbocycles. The van der Waals surface area contributed by atoms with E-state index in [1.54, 1.807) is 0 Å². The van der Waals surface area contributed by atoms with Crippen LogP contribution in [0, 0.1) is 0 Å². The number of piperidine rings is 1. The van der Waals surface area contributed by atoms with Crippen LogP contribution < -0.4 is 5.32 Å². The number of hydrogen-bond donors (Lipinski definition) is 1. The highest BCUT2D eigenvalue weighted by molar-refractivity contribution is 5.08. The molecule has 0 saturated carbocycles. The first-order chi connectivity index (χ1) is 5.55. The molecule has 2 saturated heterocycles.